The molecule has 0 radical (unpaired) electrons. The van der Waals surface area contributed by atoms with E-state index in [9.17, 15) is 4.79 Å². The maximum atomic E-state index is 12.6. The molecule has 1 N–H and O–H groups in total. The first-order valence-electron chi connectivity index (χ1n) is 8.33. The SMILES string of the molecule is O=c1[nH]c(-c2cccc(Cl)c2)nc2c1CN(Cc1ccccc1)CC2. The number of hydrogen-bond donors (Lipinski definition) is 1. The van der Waals surface area contributed by atoms with Gasteiger partial charge in [0, 0.05) is 36.6 Å². The van der Waals surface area contributed by atoms with Crippen molar-refractivity contribution in [2.24, 2.45) is 0 Å². The number of nitrogens with one attached hydrogen (secondary N) is 1. The quantitative estimate of drug-likeness (QED) is 0.783. The Balaban J connectivity index is 1.60. The Hall–Kier alpha value is -2.43. The monoisotopic (exact) mass is 351 g/mol. The third-order valence-electron chi connectivity index (χ3n) is 4.49. The fourth-order valence-corrected chi connectivity index (χ4v) is 3.42. The summed E-state index contributed by atoms with van der Waals surface area (Å²) in [6.07, 6.45) is 0.777. The van der Waals surface area contributed by atoms with Gasteiger partial charge in [-0.2, -0.15) is 0 Å². The van der Waals surface area contributed by atoms with Gasteiger partial charge in [0.25, 0.3) is 5.56 Å². The molecule has 0 fully saturated rings. The minimum atomic E-state index is -0.0577. The third-order valence-corrected chi connectivity index (χ3v) is 4.73. The van der Waals surface area contributed by atoms with Gasteiger partial charge in [0.2, 0.25) is 0 Å². The van der Waals surface area contributed by atoms with Crippen molar-refractivity contribution in [2.45, 2.75) is 19.5 Å². The third kappa shape index (κ3) is 3.50. The first-order chi connectivity index (χ1) is 12.2. The topological polar surface area (TPSA) is 49.0 Å². The fraction of sp³-hybridized carbons (Fsp3) is 0.200. The molecule has 0 spiro atoms. The molecule has 126 valence electrons. The molecular weight excluding hydrogens is 334 g/mol. The number of nitrogens with zero attached hydrogens (tertiary/aromatic N) is 2. The first-order valence-corrected chi connectivity index (χ1v) is 8.71. The molecule has 0 amide bonds. The van der Waals surface area contributed by atoms with Crippen LogP contribution >= 0.6 is 11.6 Å². The Morgan fingerprint density at radius 2 is 1.96 bits per heavy atom. The highest BCUT2D eigenvalue weighted by Gasteiger charge is 2.21. The molecule has 0 unspecified atom stereocenters. The summed E-state index contributed by atoms with van der Waals surface area (Å²) in [5.74, 6) is 0.586. The molecule has 4 nitrogen and oxygen atoms in total. The average Bonchev–Trinajstić information content (AvgIpc) is 2.63. The molecule has 0 saturated carbocycles. The second-order valence-electron chi connectivity index (χ2n) is 6.30. The molecule has 1 aromatic heterocycles. The van der Waals surface area contributed by atoms with Crippen molar-refractivity contribution >= 4 is 11.6 Å². The summed E-state index contributed by atoms with van der Waals surface area (Å²) in [5, 5.41) is 0.631. The number of aromatic amines is 1. The summed E-state index contributed by atoms with van der Waals surface area (Å²) in [4.78, 5) is 22.5. The molecule has 2 heterocycles. The van der Waals surface area contributed by atoms with Crippen molar-refractivity contribution in [3.8, 4) is 11.4 Å². The van der Waals surface area contributed by atoms with Crippen LogP contribution in [0.1, 0.15) is 16.8 Å². The van der Waals surface area contributed by atoms with Gasteiger partial charge in [0.05, 0.1) is 11.3 Å². The van der Waals surface area contributed by atoms with Crippen molar-refractivity contribution in [1.82, 2.24) is 14.9 Å². The predicted molar refractivity (Wildman–Crippen MR) is 99.6 cm³/mol. The predicted octanol–water partition coefficient (Wildman–Crippen LogP) is 3.65. The zero-order valence-electron chi connectivity index (χ0n) is 13.7. The Morgan fingerprint density at radius 3 is 2.76 bits per heavy atom. The molecule has 0 saturated heterocycles. The van der Waals surface area contributed by atoms with E-state index in [0.717, 1.165) is 36.3 Å². The summed E-state index contributed by atoms with van der Waals surface area (Å²) in [6, 6.07) is 17.7. The fourth-order valence-electron chi connectivity index (χ4n) is 3.23. The van der Waals surface area contributed by atoms with E-state index in [2.05, 4.69) is 27.0 Å². The van der Waals surface area contributed by atoms with E-state index in [4.69, 9.17) is 11.6 Å². The van der Waals surface area contributed by atoms with Gasteiger partial charge >= 0.3 is 0 Å². The van der Waals surface area contributed by atoms with Crippen LogP contribution in [0.4, 0.5) is 0 Å². The molecule has 0 atom stereocenters. The van der Waals surface area contributed by atoms with Crippen LogP contribution in [0.25, 0.3) is 11.4 Å². The summed E-state index contributed by atoms with van der Waals surface area (Å²) >= 11 is 6.05. The maximum absolute atomic E-state index is 12.6. The van der Waals surface area contributed by atoms with Crippen molar-refractivity contribution in [1.29, 1.82) is 0 Å². The lowest BCUT2D eigenvalue weighted by Crippen LogP contribution is -2.35. The molecule has 1 aliphatic rings. The molecule has 0 bridgehead atoms. The van der Waals surface area contributed by atoms with Gasteiger partial charge in [-0.25, -0.2) is 4.98 Å². The molecule has 4 rings (SSSR count). The molecule has 2 aromatic carbocycles. The summed E-state index contributed by atoms with van der Waals surface area (Å²) in [7, 11) is 0. The van der Waals surface area contributed by atoms with Crippen molar-refractivity contribution in [3.63, 3.8) is 0 Å². The first kappa shape index (κ1) is 16.1. The summed E-state index contributed by atoms with van der Waals surface area (Å²) in [6.45, 7) is 2.37. The van der Waals surface area contributed by atoms with Crippen LogP contribution in [-0.2, 0) is 19.5 Å². The summed E-state index contributed by atoms with van der Waals surface area (Å²) < 4.78 is 0. The van der Waals surface area contributed by atoms with Crippen LogP contribution in [0.5, 0.6) is 0 Å². The van der Waals surface area contributed by atoms with Crippen LogP contribution < -0.4 is 5.56 Å². The lowest BCUT2D eigenvalue weighted by atomic mass is 10.1. The minimum absolute atomic E-state index is 0.0577. The van der Waals surface area contributed by atoms with Crippen LogP contribution in [0.3, 0.4) is 0 Å². The molecular formula is C20H18ClN3O. The van der Waals surface area contributed by atoms with Gasteiger partial charge in [-0.05, 0) is 17.7 Å². The molecule has 1 aliphatic heterocycles. The Kier molecular flexibility index (Phi) is 4.38. The second-order valence-corrected chi connectivity index (χ2v) is 6.73. The zero-order valence-corrected chi connectivity index (χ0v) is 14.5. The van der Waals surface area contributed by atoms with E-state index in [1.54, 1.807) is 0 Å². The van der Waals surface area contributed by atoms with E-state index < -0.39 is 0 Å². The smallest absolute Gasteiger partial charge is 0.255 e. The van der Waals surface area contributed by atoms with E-state index in [1.165, 1.54) is 5.56 Å². The number of rotatable bonds is 3. The van der Waals surface area contributed by atoms with Crippen LogP contribution in [0.15, 0.2) is 59.4 Å². The Morgan fingerprint density at radius 1 is 1.12 bits per heavy atom. The number of halogens is 1. The number of aromatic nitrogens is 2. The van der Waals surface area contributed by atoms with Gasteiger partial charge in [0.15, 0.2) is 0 Å². The van der Waals surface area contributed by atoms with E-state index in [1.807, 2.05) is 42.5 Å². The lowest BCUT2D eigenvalue weighted by Gasteiger charge is -2.27. The standard InChI is InChI=1S/C20H18ClN3O/c21-16-8-4-7-15(11-16)19-22-18-9-10-24(13-17(18)20(25)23-19)12-14-5-2-1-3-6-14/h1-8,11H,9-10,12-13H2,(H,22,23,25). The molecule has 5 heteroatoms. The van der Waals surface area contributed by atoms with Gasteiger partial charge in [0.1, 0.15) is 5.82 Å². The van der Waals surface area contributed by atoms with Crippen molar-refractivity contribution in [3.05, 3.63) is 86.8 Å². The molecule has 25 heavy (non-hydrogen) atoms. The maximum Gasteiger partial charge on any atom is 0.255 e. The van der Waals surface area contributed by atoms with Crippen LogP contribution in [0.2, 0.25) is 5.02 Å². The van der Waals surface area contributed by atoms with E-state index in [0.29, 0.717) is 17.4 Å². The number of fused-ring (bicyclic) bond motifs is 1. The summed E-state index contributed by atoms with van der Waals surface area (Å²) in [5.41, 5.74) is 3.69. The second kappa shape index (κ2) is 6.82. The van der Waals surface area contributed by atoms with Gasteiger partial charge in [-0.1, -0.05) is 54.1 Å². The normalized spacial score (nSPS) is 14.3. The van der Waals surface area contributed by atoms with Gasteiger partial charge in [-0.3, -0.25) is 9.69 Å². The molecule has 3 aromatic rings. The van der Waals surface area contributed by atoms with Crippen LogP contribution in [0, 0.1) is 0 Å². The largest absolute Gasteiger partial charge is 0.306 e. The Bertz CT molecular complexity index is 953. The number of benzene rings is 2. The minimum Gasteiger partial charge on any atom is -0.306 e. The highest BCUT2D eigenvalue weighted by molar-refractivity contribution is 6.30. The van der Waals surface area contributed by atoms with Crippen molar-refractivity contribution in [2.75, 3.05) is 6.54 Å². The Labute approximate surface area is 151 Å². The van der Waals surface area contributed by atoms with E-state index in [-0.39, 0.29) is 5.56 Å². The highest BCUT2D eigenvalue weighted by atomic mass is 35.5. The highest BCUT2D eigenvalue weighted by Crippen LogP contribution is 2.22. The average molecular weight is 352 g/mol. The van der Waals surface area contributed by atoms with Gasteiger partial charge in [-0.15, -0.1) is 0 Å². The van der Waals surface area contributed by atoms with Crippen molar-refractivity contribution < 1.29 is 0 Å². The number of H-pyrrole nitrogens is 1. The lowest BCUT2D eigenvalue weighted by molar-refractivity contribution is 0.242. The van der Waals surface area contributed by atoms with E-state index >= 15 is 0 Å². The van der Waals surface area contributed by atoms with Gasteiger partial charge < -0.3 is 4.98 Å². The number of hydrogen-bond acceptors (Lipinski definition) is 3. The van der Waals surface area contributed by atoms with Crippen LogP contribution in [-0.4, -0.2) is 21.4 Å². The zero-order chi connectivity index (χ0) is 17.2. The molecule has 0 aliphatic carbocycles.